The number of fused-ring (bicyclic) bond motifs is 1. The molecule has 4 heterocycles. The van der Waals surface area contributed by atoms with Crippen LogP contribution < -0.4 is 14.9 Å². The number of hydrogen-bond donors (Lipinski definition) is 4. The summed E-state index contributed by atoms with van der Waals surface area (Å²) in [5.41, 5.74) is 2.85. The van der Waals surface area contributed by atoms with E-state index in [4.69, 9.17) is 4.74 Å². The maximum Gasteiger partial charge on any atom is 0.305 e. The van der Waals surface area contributed by atoms with E-state index in [0.29, 0.717) is 41.2 Å². The number of phenols is 1. The number of aromatic amines is 1. The number of nitrogens with one attached hydrogen (secondary N) is 2. The largest absolute Gasteiger partial charge is 0.506 e. The van der Waals surface area contributed by atoms with Crippen LogP contribution in [0.3, 0.4) is 0 Å². The molecule has 4 aromatic rings. The number of aliphatic hydroxyl groups excluding tert-OH is 1. The molecule has 1 spiro atoms. The molecule has 2 fully saturated rings. The number of aromatic hydroxyl groups is 1. The summed E-state index contributed by atoms with van der Waals surface area (Å²) in [7, 11) is 0. The second kappa shape index (κ2) is 13.4. The Labute approximate surface area is 264 Å². The van der Waals surface area contributed by atoms with Crippen LogP contribution in [0.15, 0.2) is 46.6 Å². The van der Waals surface area contributed by atoms with Crippen molar-refractivity contribution in [1.29, 1.82) is 0 Å². The third-order valence-electron chi connectivity index (χ3n) is 8.92. The van der Waals surface area contributed by atoms with Gasteiger partial charge in [0.2, 0.25) is 0 Å². The first-order valence-electron chi connectivity index (χ1n) is 15.2. The molecule has 0 radical (unpaired) electrons. The molecule has 0 aliphatic carbocycles. The summed E-state index contributed by atoms with van der Waals surface area (Å²) in [6.45, 7) is 8.03. The Bertz CT molecular complexity index is 1640. The predicted molar refractivity (Wildman–Crippen MR) is 173 cm³/mol. The maximum absolute atomic E-state index is 13.0. The highest BCUT2D eigenvalue weighted by Gasteiger charge is 2.40. The van der Waals surface area contributed by atoms with Crippen molar-refractivity contribution in [3.05, 3.63) is 73.3 Å². The molecule has 2 aromatic heterocycles. The highest BCUT2D eigenvalue weighted by molar-refractivity contribution is 7.16. The smallest absolute Gasteiger partial charge is 0.305 e. The predicted octanol–water partition coefficient (Wildman–Crippen LogP) is 4.28. The standard InChI is InChI=1S/C32H39N5O5S2/c1-21-34-25(19-43-21)30(40)37-12-2-9-32(20-37)10-13-36(14-11-32)15-16-42-23-5-3-22(4-6-23)17-33-18-27(39)24-7-8-26(38)28-29(24)44-31(41)35-28/h3-8,19,27,33,38-39H,2,9-18,20H2,1H3,(H,35,41)/t27-/m0/s1. The molecule has 10 nitrogen and oxygen atoms in total. The number of aryl methyl sites for hydroxylation is 1. The van der Waals surface area contributed by atoms with Crippen molar-refractivity contribution in [2.75, 3.05) is 45.9 Å². The Morgan fingerprint density at radius 1 is 1.16 bits per heavy atom. The number of aromatic nitrogens is 2. The summed E-state index contributed by atoms with van der Waals surface area (Å²) in [5, 5.41) is 26.8. The van der Waals surface area contributed by atoms with E-state index in [-0.39, 0.29) is 21.9 Å². The number of benzene rings is 2. The Morgan fingerprint density at radius 3 is 2.70 bits per heavy atom. The van der Waals surface area contributed by atoms with Gasteiger partial charge in [-0.15, -0.1) is 11.3 Å². The Hall–Kier alpha value is -3.29. The molecule has 6 rings (SSSR count). The number of carbonyl (C=O) groups is 1. The van der Waals surface area contributed by atoms with E-state index >= 15 is 0 Å². The van der Waals surface area contributed by atoms with Crippen LogP contribution in [0, 0.1) is 12.3 Å². The third kappa shape index (κ3) is 7.00. The fourth-order valence-corrected chi connectivity index (χ4v) is 7.93. The number of hydrogen-bond acceptors (Lipinski definition) is 10. The van der Waals surface area contributed by atoms with Gasteiger partial charge in [-0.2, -0.15) is 0 Å². The summed E-state index contributed by atoms with van der Waals surface area (Å²) < 4.78 is 6.62. The molecule has 2 aliphatic heterocycles. The molecule has 0 unspecified atom stereocenters. The minimum absolute atomic E-state index is 0.00252. The zero-order valence-corrected chi connectivity index (χ0v) is 26.5. The van der Waals surface area contributed by atoms with Crippen molar-refractivity contribution in [1.82, 2.24) is 25.1 Å². The molecule has 4 N–H and O–H groups in total. The lowest BCUT2D eigenvalue weighted by molar-refractivity contribution is 0.0188. The number of nitrogens with zero attached hydrogens (tertiary/aromatic N) is 3. The number of amides is 1. The van der Waals surface area contributed by atoms with Crippen LogP contribution in [0.5, 0.6) is 11.5 Å². The molecule has 2 saturated heterocycles. The van der Waals surface area contributed by atoms with E-state index in [2.05, 4.69) is 20.2 Å². The average Bonchev–Trinajstić information content (AvgIpc) is 3.64. The Balaban J connectivity index is 0.910. The molecule has 1 amide bonds. The molecule has 0 saturated carbocycles. The quantitative estimate of drug-likeness (QED) is 0.203. The van der Waals surface area contributed by atoms with Gasteiger partial charge in [-0.25, -0.2) is 4.98 Å². The van der Waals surface area contributed by atoms with Crippen molar-refractivity contribution in [2.45, 2.75) is 45.3 Å². The molecule has 1 atom stereocenters. The normalized spacial score (nSPS) is 17.7. The molecule has 234 valence electrons. The van der Waals surface area contributed by atoms with Crippen molar-refractivity contribution in [3.63, 3.8) is 0 Å². The molecule has 2 aliphatic rings. The first kappa shape index (κ1) is 30.7. The number of piperidine rings is 2. The number of carbonyl (C=O) groups excluding carboxylic acids is 1. The van der Waals surface area contributed by atoms with E-state index in [1.165, 1.54) is 23.8 Å². The number of phenolic OH excluding ortho intramolecular Hbond substituents is 1. The lowest BCUT2D eigenvalue weighted by Crippen LogP contribution is -2.51. The Kier molecular flexibility index (Phi) is 9.34. The van der Waals surface area contributed by atoms with Crippen molar-refractivity contribution < 1.29 is 19.7 Å². The van der Waals surface area contributed by atoms with E-state index in [1.807, 2.05) is 41.5 Å². The van der Waals surface area contributed by atoms with E-state index in [0.717, 1.165) is 79.6 Å². The van der Waals surface area contributed by atoms with Crippen LogP contribution in [-0.4, -0.2) is 81.8 Å². The lowest BCUT2D eigenvalue weighted by atomic mass is 9.72. The monoisotopic (exact) mass is 637 g/mol. The van der Waals surface area contributed by atoms with Gasteiger partial charge < -0.3 is 30.2 Å². The van der Waals surface area contributed by atoms with Gasteiger partial charge in [0.15, 0.2) is 0 Å². The zero-order valence-electron chi connectivity index (χ0n) is 24.9. The van der Waals surface area contributed by atoms with Gasteiger partial charge >= 0.3 is 4.87 Å². The van der Waals surface area contributed by atoms with Crippen LogP contribution in [0.25, 0.3) is 10.2 Å². The van der Waals surface area contributed by atoms with Crippen LogP contribution >= 0.6 is 22.7 Å². The first-order chi connectivity index (χ1) is 21.3. The average molecular weight is 638 g/mol. The number of H-pyrrole nitrogens is 1. The number of likely N-dealkylation sites (tertiary alicyclic amines) is 2. The second-order valence-corrected chi connectivity index (χ2v) is 14.0. The number of aliphatic hydroxyl groups is 1. The number of thiazole rings is 2. The van der Waals surface area contributed by atoms with Crippen molar-refractivity contribution in [3.8, 4) is 11.5 Å². The molecular weight excluding hydrogens is 599 g/mol. The van der Waals surface area contributed by atoms with Gasteiger partial charge in [-0.05, 0) is 74.9 Å². The van der Waals surface area contributed by atoms with E-state index in [9.17, 15) is 19.8 Å². The third-order valence-corrected chi connectivity index (χ3v) is 10.6. The molecule has 12 heteroatoms. The van der Waals surface area contributed by atoms with Crippen LogP contribution in [0.1, 0.15) is 58.4 Å². The van der Waals surface area contributed by atoms with Crippen LogP contribution in [-0.2, 0) is 6.54 Å². The van der Waals surface area contributed by atoms with Gasteiger partial charge in [-0.3, -0.25) is 14.5 Å². The van der Waals surface area contributed by atoms with Crippen LogP contribution in [0.4, 0.5) is 0 Å². The summed E-state index contributed by atoms with van der Waals surface area (Å²) >= 11 is 2.52. The van der Waals surface area contributed by atoms with Gasteiger partial charge in [0.05, 0.1) is 15.8 Å². The van der Waals surface area contributed by atoms with Gasteiger partial charge in [0.1, 0.15) is 29.3 Å². The zero-order chi connectivity index (χ0) is 30.7. The number of ether oxygens (including phenoxy) is 1. The second-order valence-electron chi connectivity index (χ2n) is 12.0. The summed E-state index contributed by atoms with van der Waals surface area (Å²) in [6, 6.07) is 11.1. The topological polar surface area (TPSA) is 131 Å². The number of rotatable bonds is 10. The Morgan fingerprint density at radius 2 is 1.95 bits per heavy atom. The SMILES string of the molecule is Cc1nc(C(=O)N2CCCC3(CCN(CCOc4ccc(CNC[C@H](O)c5ccc(O)c6[nH]c(=O)sc56)cc4)CC3)C2)cs1. The first-order valence-corrected chi connectivity index (χ1v) is 16.9. The summed E-state index contributed by atoms with van der Waals surface area (Å²) in [6.07, 6.45) is 3.64. The van der Waals surface area contributed by atoms with Crippen LogP contribution in [0.2, 0.25) is 0 Å². The van der Waals surface area contributed by atoms with Gasteiger partial charge in [0, 0.05) is 43.7 Å². The molecule has 0 bridgehead atoms. The minimum atomic E-state index is -0.816. The molecular formula is C32H39N5O5S2. The highest BCUT2D eigenvalue weighted by atomic mass is 32.1. The summed E-state index contributed by atoms with van der Waals surface area (Å²) in [4.78, 5) is 36.0. The fraction of sp³-hybridized carbons (Fsp3) is 0.469. The highest BCUT2D eigenvalue weighted by Crippen LogP contribution is 2.40. The maximum atomic E-state index is 13.0. The molecule has 2 aromatic carbocycles. The van der Waals surface area contributed by atoms with Crippen molar-refractivity contribution >= 4 is 38.8 Å². The lowest BCUT2D eigenvalue weighted by Gasteiger charge is -2.47. The fourth-order valence-electron chi connectivity index (χ4n) is 6.43. The van der Waals surface area contributed by atoms with E-state index < -0.39 is 6.10 Å². The summed E-state index contributed by atoms with van der Waals surface area (Å²) in [5.74, 6) is 0.906. The molecule has 44 heavy (non-hydrogen) atoms. The van der Waals surface area contributed by atoms with Crippen molar-refractivity contribution in [2.24, 2.45) is 5.41 Å². The van der Waals surface area contributed by atoms with Gasteiger partial charge in [0.25, 0.3) is 5.91 Å². The van der Waals surface area contributed by atoms with E-state index in [1.54, 1.807) is 6.07 Å². The van der Waals surface area contributed by atoms with Gasteiger partial charge in [-0.1, -0.05) is 29.5 Å². The minimum Gasteiger partial charge on any atom is -0.506 e.